The van der Waals surface area contributed by atoms with E-state index in [0.717, 1.165) is 16.4 Å². The van der Waals surface area contributed by atoms with Crippen molar-refractivity contribution < 1.29 is 19.0 Å². The SMILES string of the molecule is COc1cc(C(=O)N2CCN(c3cc(-c4cccs4)[nH]n3)CC2)cc(OC)c1OC. The number of piperazine rings is 1. The van der Waals surface area contributed by atoms with Crippen molar-refractivity contribution in [1.29, 1.82) is 0 Å². The lowest BCUT2D eigenvalue weighted by Gasteiger charge is -2.35. The highest BCUT2D eigenvalue weighted by atomic mass is 32.1. The molecule has 1 aliphatic heterocycles. The maximum absolute atomic E-state index is 13.1. The van der Waals surface area contributed by atoms with E-state index >= 15 is 0 Å². The number of hydrogen-bond donors (Lipinski definition) is 1. The molecule has 0 saturated carbocycles. The van der Waals surface area contributed by atoms with Crippen LogP contribution in [0.3, 0.4) is 0 Å². The van der Waals surface area contributed by atoms with Gasteiger partial charge in [-0.05, 0) is 23.6 Å². The quantitative estimate of drug-likeness (QED) is 0.650. The number of nitrogens with zero attached hydrogens (tertiary/aromatic N) is 3. The summed E-state index contributed by atoms with van der Waals surface area (Å²) in [5.41, 5.74) is 1.52. The van der Waals surface area contributed by atoms with Crippen molar-refractivity contribution in [2.45, 2.75) is 0 Å². The third kappa shape index (κ3) is 3.80. The number of carbonyl (C=O) groups is 1. The van der Waals surface area contributed by atoms with Crippen molar-refractivity contribution in [1.82, 2.24) is 15.1 Å². The number of ether oxygens (including phenoxy) is 3. The van der Waals surface area contributed by atoms with Gasteiger partial charge in [0.2, 0.25) is 5.75 Å². The Morgan fingerprint density at radius 1 is 1.03 bits per heavy atom. The first kappa shape index (κ1) is 20.1. The molecule has 0 bridgehead atoms. The molecular formula is C21H24N4O4S. The van der Waals surface area contributed by atoms with E-state index in [1.165, 1.54) is 0 Å². The predicted molar refractivity (Wildman–Crippen MR) is 116 cm³/mol. The van der Waals surface area contributed by atoms with Crippen molar-refractivity contribution in [2.75, 3.05) is 52.4 Å². The highest BCUT2D eigenvalue weighted by molar-refractivity contribution is 7.13. The molecule has 0 spiro atoms. The van der Waals surface area contributed by atoms with Gasteiger partial charge >= 0.3 is 0 Å². The van der Waals surface area contributed by atoms with Crippen LogP contribution in [0.25, 0.3) is 10.6 Å². The summed E-state index contributed by atoms with van der Waals surface area (Å²) >= 11 is 1.67. The maximum atomic E-state index is 13.1. The topological polar surface area (TPSA) is 79.9 Å². The number of H-pyrrole nitrogens is 1. The van der Waals surface area contributed by atoms with Crippen LogP contribution in [0.5, 0.6) is 17.2 Å². The Hall–Kier alpha value is -3.20. The van der Waals surface area contributed by atoms with Crippen molar-refractivity contribution in [2.24, 2.45) is 0 Å². The largest absolute Gasteiger partial charge is 0.493 e. The Morgan fingerprint density at radius 3 is 2.30 bits per heavy atom. The first-order valence-corrected chi connectivity index (χ1v) is 10.5. The van der Waals surface area contributed by atoms with Crippen LogP contribution in [-0.4, -0.2) is 68.5 Å². The van der Waals surface area contributed by atoms with Crippen LogP contribution in [0.1, 0.15) is 10.4 Å². The minimum atomic E-state index is -0.0600. The maximum Gasteiger partial charge on any atom is 0.254 e. The highest BCUT2D eigenvalue weighted by Gasteiger charge is 2.25. The normalized spacial score (nSPS) is 14.0. The van der Waals surface area contributed by atoms with E-state index in [9.17, 15) is 4.79 Å². The van der Waals surface area contributed by atoms with Gasteiger partial charge in [0.05, 0.1) is 31.9 Å². The molecule has 1 saturated heterocycles. The number of carbonyl (C=O) groups excluding carboxylic acids is 1. The Bertz CT molecular complexity index is 985. The number of anilines is 1. The third-order valence-electron chi connectivity index (χ3n) is 5.15. The number of methoxy groups -OCH3 is 3. The molecule has 1 N–H and O–H groups in total. The number of thiophene rings is 1. The molecule has 4 rings (SSSR count). The molecular weight excluding hydrogens is 404 g/mol. The van der Waals surface area contributed by atoms with E-state index in [1.54, 1.807) is 44.8 Å². The molecule has 0 radical (unpaired) electrons. The number of nitrogens with one attached hydrogen (secondary N) is 1. The van der Waals surface area contributed by atoms with Crippen LogP contribution in [0, 0.1) is 0 Å². The lowest BCUT2D eigenvalue weighted by atomic mass is 10.1. The summed E-state index contributed by atoms with van der Waals surface area (Å²) in [5, 5.41) is 9.59. The third-order valence-corrected chi connectivity index (χ3v) is 6.06. The van der Waals surface area contributed by atoms with E-state index in [2.05, 4.69) is 27.2 Å². The zero-order valence-electron chi connectivity index (χ0n) is 17.2. The molecule has 0 unspecified atom stereocenters. The molecule has 1 fully saturated rings. The molecule has 0 atom stereocenters. The van der Waals surface area contributed by atoms with E-state index in [1.807, 2.05) is 16.3 Å². The lowest BCUT2D eigenvalue weighted by molar-refractivity contribution is 0.0745. The number of amides is 1. The summed E-state index contributed by atoms with van der Waals surface area (Å²) in [6, 6.07) is 9.53. The molecule has 3 aromatic rings. The number of rotatable bonds is 6. The van der Waals surface area contributed by atoms with Gasteiger partial charge in [0, 0.05) is 37.8 Å². The van der Waals surface area contributed by atoms with Gasteiger partial charge in [-0.25, -0.2) is 0 Å². The smallest absolute Gasteiger partial charge is 0.254 e. The molecule has 3 heterocycles. The van der Waals surface area contributed by atoms with Gasteiger partial charge in [0.1, 0.15) is 0 Å². The Kier molecular flexibility index (Phi) is 5.80. The second-order valence-corrected chi connectivity index (χ2v) is 7.76. The van der Waals surface area contributed by atoms with Gasteiger partial charge in [-0.1, -0.05) is 6.07 Å². The van der Waals surface area contributed by atoms with E-state index in [4.69, 9.17) is 14.2 Å². The summed E-state index contributed by atoms with van der Waals surface area (Å²) in [4.78, 5) is 18.3. The van der Waals surface area contributed by atoms with Gasteiger partial charge in [0.15, 0.2) is 17.3 Å². The molecule has 2 aromatic heterocycles. The number of aromatic amines is 1. The Morgan fingerprint density at radius 2 is 1.73 bits per heavy atom. The van der Waals surface area contributed by atoms with E-state index in [0.29, 0.717) is 49.0 Å². The van der Waals surface area contributed by atoms with Crippen molar-refractivity contribution in [3.8, 4) is 27.8 Å². The summed E-state index contributed by atoms with van der Waals surface area (Å²) in [5.74, 6) is 2.25. The summed E-state index contributed by atoms with van der Waals surface area (Å²) in [6.07, 6.45) is 0. The van der Waals surface area contributed by atoms with Crippen LogP contribution in [-0.2, 0) is 0 Å². The fourth-order valence-electron chi connectivity index (χ4n) is 3.56. The molecule has 158 valence electrons. The molecule has 1 aromatic carbocycles. The van der Waals surface area contributed by atoms with Crippen LogP contribution in [0.4, 0.5) is 5.82 Å². The fourth-order valence-corrected chi connectivity index (χ4v) is 4.25. The molecule has 30 heavy (non-hydrogen) atoms. The highest BCUT2D eigenvalue weighted by Crippen LogP contribution is 2.38. The van der Waals surface area contributed by atoms with Crippen molar-refractivity contribution in [3.63, 3.8) is 0 Å². The fraction of sp³-hybridized carbons (Fsp3) is 0.333. The van der Waals surface area contributed by atoms with Gasteiger partial charge in [0.25, 0.3) is 5.91 Å². The number of benzene rings is 1. The first-order valence-electron chi connectivity index (χ1n) is 9.58. The first-order chi connectivity index (χ1) is 14.6. The number of hydrogen-bond acceptors (Lipinski definition) is 7. The minimum Gasteiger partial charge on any atom is -0.493 e. The second kappa shape index (κ2) is 8.66. The average Bonchev–Trinajstić information content (AvgIpc) is 3.49. The van der Waals surface area contributed by atoms with E-state index in [-0.39, 0.29) is 5.91 Å². The second-order valence-electron chi connectivity index (χ2n) is 6.81. The monoisotopic (exact) mass is 428 g/mol. The van der Waals surface area contributed by atoms with Gasteiger partial charge in [-0.2, -0.15) is 5.10 Å². The molecule has 8 nitrogen and oxygen atoms in total. The van der Waals surface area contributed by atoms with Gasteiger partial charge in [-0.3, -0.25) is 9.89 Å². The summed E-state index contributed by atoms with van der Waals surface area (Å²) < 4.78 is 16.1. The summed E-state index contributed by atoms with van der Waals surface area (Å²) in [7, 11) is 4.62. The molecule has 1 aliphatic rings. The van der Waals surface area contributed by atoms with Crippen molar-refractivity contribution in [3.05, 3.63) is 41.3 Å². The van der Waals surface area contributed by atoms with Crippen LogP contribution in [0.2, 0.25) is 0 Å². The Balaban J connectivity index is 1.45. The van der Waals surface area contributed by atoms with Gasteiger partial charge in [-0.15, -0.1) is 11.3 Å². The zero-order valence-corrected chi connectivity index (χ0v) is 18.0. The van der Waals surface area contributed by atoms with E-state index < -0.39 is 0 Å². The minimum absolute atomic E-state index is 0.0600. The predicted octanol–water partition coefficient (Wildman–Crippen LogP) is 3.13. The van der Waals surface area contributed by atoms with Gasteiger partial charge < -0.3 is 24.0 Å². The molecule has 9 heteroatoms. The standard InChI is InChI=1S/C21H24N4O4S/c1-27-16-11-14(12-17(28-2)20(16)29-3)21(26)25-8-6-24(7-9-25)19-13-15(22-23-19)18-5-4-10-30-18/h4-5,10-13H,6-9H2,1-3H3,(H,22,23). The lowest BCUT2D eigenvalue weighted by Crippen LogP contribution is -2.49. The molecule has 0 aliphatic carbocycles. The van der Waals surface area contributed by atoms with Crippen LogP contribution >= 0.6 is 11.3 Å². The van der Waals surface area contributed by atoms with Crippen LogP contribution in [0.15, 0.2) is 35.7 Å². The van der Waals surface area contributed by atoms with Crippen LogP contribution < -0.4 is 19.1 Å². The molecule has 1 amide bonds. The summed E-state index contributed by atoms with van der Waals surface area (Å²) in [6.45, 7) is 2.64. The zero-order chi connectivity index (χ0) is 21.1. The average molecular weight is 429 g/mol. The number of aromatic nitrogens is 2. The van der Waals surface area contributed by atoms with Crippen molar-refractivity contribution >= 4 is 23.1 Å². The Labute approximate surface area is 179 Å².